The summed E-state index contributed by atoms with van der Waals surface area (Å²) in [6.07, 6.45) is 5.91. The van der Waals surface area contributed by atoms with Crippen molar-refractivity contribution < 1.29 is 9.59 Å². The predicted octanol–water partition coefficient (Wildman–Crippen LogP) is 5.10. The van der Waals surface area contributed by atoms with Crippen LogP contribution in [-0.4, -0.2) is 21.6 Å². The molecule has 2 bridgehead atoms. The number of benzene rings is 1. The van der Waals surface area contributed by atoms with Crippen molar-refractivity contribution in [2.75, 3.05) is 10.6 Å². The van der Waals surface area contributed by atoms with Gasteiger partial charge in [0.15, 0.2) is 0 Å². The van der Waals surface area contributed by atoms with E-state index in [1.165, 1.54) is 25.7 Å². The van der Waals surface area contributed by atoms with E-state index < -0.39 is 5.91 Å². The molecule has 3 aliphatic carbocycles. The zero-order chi connectivity index (χ0) is 22.1. The van der Waals surface area contributed by atoms with Gasteiger partial charge >= 0.3 is 0 Å². The number of amides is 2. The summed E-state index contributed by atoms with van der Waals surface area (Å²) in [4.78, 5) is 24.9. The summed E-state index contributed by atoms with van der Waals surface area (Å²) in [6, 6.07) is 9.17. The highest BCUT2D eigenvalue weighted by Crippen LogP contribution is 2.45. The standard InChI is InChI=1S/C24H27ClN4O2/c1-14(15(2)25)23(30)26-19-10-8-18(9-11-19)21-13-22(29(3)28-21)27-24(31)20-12-16-4-6-17(20)7-5-16/h8-11,13,16-17,20H,1-2,4-7,12H2,3H3,(H,26,30)(H,27,31). The van der Waals surface area contributed by atoms with Crippen molar-refractivity contribution in [2.45, 2.75) is 32.1 Å². The Morgan fingerprint density at radius 2 is 1.77 bits per heavy atom. The highest BCUT2D eigenvalue weighted by atomic mass is 35.5. The minimum Gasteiger partial charge on any atom is -0.322 e. The smallest absolute Gasteiger partial charge is 0.256 e. The Kier molecular flexibility index (Phi) is 6.01. The first kappa shape index (κ1) is 21.4. The molecule has 1 atom stereocenters. The molecular formula is C24H27ClN4O2. The Morgan fingerprint density at radius 3 is 2.35 bits per heavy atom. The van der Waals surface area contributed by atoms with Crippen LogP contribution in [0.3, 0.4) is 0 Å². The number of rotatable bonds is 6. The molecule has 3 saturated carbocycles. The second-order valence-electron chi connectivity index (χ2n) is 8.57. The molecule has 1 unspecified atom stereocenters. The lowest BCUT2D eigenvalue weighted by atomic mass is 9.64. The SMILES string of the molecule is C=C(Cl)C(=C)C(=O)Nc1ccc(-c2cc(NC(=O)C3CC4CCC3CC4)n(C)n2)cc1. The van der Waals surface area contributed by atoms with Crippen molar-refractivity contribution in [1.82, 2.24) is 9.78 Å². The molecule has 2 aromatic rings. The van der Waals surface area contributed by atoms with Crippen molar-refractivity contribution in [3.63, 3.8) is 0 Å². The topological polar surface area (TPSA) is 76.0 Å². The van der Waals surface area contributed by atoms with Crippen LogP contribution in [0.2, 0.25) is 0 Å². The average Bonchev–Trinajstić information content (AvgIpc) is 3.14. The summed E-state index contributed by atoms with van der Waals surface area (Å²) in [6.45, 7) is 7.11. The number of nitrogens with zero attached hydrogens (tertiary/aromatic N) is 2. The van der Waals surface area contributed by atoms with Crippen LogP contribution in [0.1, 0.15) is 32.1 Å². The van der Waals surface area contributed by atoms with Gasteiger partial charge in [-0.05, 0) is 43.2 Å². The summed E-state index contributed by atoms with van der Waals surface area (Å²) < 4.78 is 1.69. The van der Waals surface area contributed by atoms with Crippen LogP contribution in [0.4, 0.5) is 11.5 Å². The Bertz CT molecular complexity index is 1030. The molecule has 1 heterocycles. The lowest BCUT2D eigenvalue weighted by Gasteiger charge is -2.41. The van der Waals surface area contributed by atoms with Crippen LogP contribution in [0.25, 0.3) is 11.3 Å². The summed E-state index contributed by atoms with van der Waals surface area (Å²) in [5.74, 6) is 1.76. The largest absolute Gasteiger partial charge is 0.322 e. The van der Waals surface area contributed by atoms with E-state index in [2.05, 4.69) is 28.9 Å². The van der Waals surface area contributed by atoms with Gasteiger partial charge in [-0.25, -0.2) is 0 Å². The highest BCUT2D eigenvalue weighted by Gasteiger charge is 2.39. The Morgan fingerprint density at radius 1 is 1.10 bits per heavy atom. The molecule has 2 N–H and O–H groups in total. The van der Waals surface area contributed by atoms with Gasteiger partial charge in [0.25, 0.3) is 5.91 Å². The molecule has 2 amide bonds. The van der Waals surface area contributed by atoms with Gasteiger partial charge in [0.05, 0.1) is 11.3 Å². The Balaban J connectivity index is 1.42. The first-order valence-electron chi connectivity index (χ1n) is 10.6. The lowest BCUT2D eigenvalue weighted by molar-refractivity contribution is -0.124. The molecule has 1 aromatic heterocycles. The van der Waals surface area contributed by atoms with Crippen molar-refractivity contribution in [2.24, 2.45) is 24.8 Å². The van der Waals surface area contributed by atoms with Crippen LogP contribution < -0.4 is 10.6 Å². The molecule has 31 heavy (non-hydrogen) atoms. The van der Waals surface area contributed by atoms with Crippen molar-refractivity contribution in [1.29, 1.82) is 0 Å². The first-order valence-corrected chi connectivity index (χ1v) is 11.0. The van der Waals surface area contributed by atoms with E-state index in [0.29, 0.717) is 23.3 Å². The fourth-order valence-corrected chi connectivity index (χ4v) is 4.78. The number of anilines is 2. The van der Waals surface area contributed by atoms with Crippen LogP contribution in [0.5, 0.6) is 0 Å². The van der Waals surface area contributed by atoms with E-state index in [-0.39, 0.29) is 22.4 Å². The van der Waals surface area contributed by atoms with Gasteiger partial charge in [-0.1, -0.05) is 49.7 Å². The first-order chi connectivity index (χ1) is 14.8. The number of nitrogens with one attached hydrogen (secondary N) is 2. The van der Waals surface area contributed by atoms with Gasteiger partial charge in [0.1, 0.15) is 5.82 Å². The van der Waals surface area contributed by atoms with Gasteiger partial charge in [-0.3, -0.25) is 14.3 Å². The van der Waals surface area contributed by atoms with Crippen molar-refractivity contribution in [3.05, 3.63) is 54.1 Å². The Hall–Kier alpha value is -2.86. The monoisotopic (exact) mass is 438 g/mol. The number of aryl methyl sites for hydroxylation is 1. The fraction of sp³-hybridized carbons (Fsp3) is 0.375. The van der Waals surface area contributed by atoms with Gasteiger partial charge in [-0.2, -0.15) is 5.10 Å². The zero-order valence-electron chi connectivity index (χ0n) is 17.7. The quantitative estimate of drug-likeness (QED) is 0.486. The molecular weight excluding hydrogens is 412 g/mol. The molecule has 0 spiro atoms. The van der Waals surface area contributed by atoms with Crippen LogP contribution in [-0.2, 0) is 16.6 Å². The molecule has 0 aliphatic heterocycles. The van der Waals surface area contributed by atoms with Gasteiger partial charge < -0.3 is 10.6 Å². The second-order valence-corrected chi connectivity index (χ2v) is 9.02. The number of hydrogen-bond acceptors (Lipinski definition) is 3. The van der Waals surface area contributed by atoms with Crippen LogP contribution in [0.15, 0.2) is 54.1 Å². The third-order valence-electron chi connectivity index (χ3n) is 6.56. The number of halogens is 1. The molecule has 5 rings (SSSR count). The second kappa shape index (κ2) is 8.71. The van der Waals surface area contributed by atoms with E-state index in [9.17, 15) is 9.59 Å². The fourth-order valence-electron chi connectivity index (χ4n) is 4.70. The van der Waals surface area contributed by atoms with Gasteiger partial charge in [-0.15, -0.1) is 0 Å². The summed E-state index contributed by atoms with van der Waals surface area (Å²) in [7, 11) is 1.82. The zero-order valence-corrected chi connectivity index (χ0v) is 18.4. The molecule has 1 aromatic carbocycles. The summed E-state index contributed by atoms with van der Waals surface area (Å²) >= 11 is 5.72. The number of carbonyl (C=O) groups is 2. The minimum absolute atomic E-state index is 0.109. The van der Waals surface area contributed by atoms with Crippen molar-refractivity contribution in [3.8, 4) is 11.3 Å². The molecule has 0 radical (unpaired) electrons. The normalized spacial score (nSPS) is 22.1. The minimum atomic E-state index is -0.396. The molecule has 162 valence electrons. The van der Waals surface area contributed by atoms with Crippen LogP contribution in [0, 0.1) is 17.8 Å². The van der Waals surface area contributed by atoms with E-state index in [1.807, 2.05) is 25.2 Å². The van der Waals surface area contributed by atoms with E-state index in [0.717, 1.165) is 17.7 Å². The number of aromatic nitrogens is 2. The maximum Gasteiger partial charge on any atom is 0.256 e. The third-order valence-corrected chi connectivity index (χ3v) is 6.78. The number of fused-ring (bicyclic) bond motifs is 3. The number of hydrogen-bond donors (Lipinski definition) is 2. The van der Waals surface area contributed by atoms with Gasteiger partial charge in [0, 0.05) is 35.3 Å². The highest BCUT2D eigenvalue weighted by molar-refractivity contribution is 6.35. The maximum absolute atomic E-state index is 12.9. The molecule has 6 nitrogen and oxygen atoms in total. The van der Waals surface area contributed by atoms with E-state index in [4.69, 9.17) is 11.6 Å². The average molecular weight is 439 g/mol. The Labute approximate surface area is 187 Å². The molecule has 3 aliphatic rings. The molecule has 7 heteroatoms. The predicted molar refractivity (Wildman–Crippen MR) is 124 cm³/mol. The number of carbonyl (C=O) groups excluding carboxylic acids is 2. The molecule has 3 fully saturated rings. The van der Waals surface area contributed by atoms with Gasteiger partial charge in [0.2, 0.25) is 5.91 Å². The maximum atomic E-state index is 12.9. The van der Waals surface area contributed by atoms with Crippen LogP contribution >= 0.6 is 11.6 Å². The summed E-state index contributed by atoms with van der Waals surface area (Å²) in [5, 5.41) is 10.5. The molecule has 0 saturated heterocycles. The van der Waals surface area contributed by atoms with Crippen molar-refractivity contribution >= 4 is 34.9 Å². The van der Waals surface area contributed by atoms with E-state index >= 15 is 0 Å². The van der Waals surface area contributed by atoms with E-state index in [1.54, 1.807) is 16.8 Å². The third kappa shape index (κ3) is 4.59. The summed E-state index contributed by atoms with van der Waals surface area (Å²) in [5.41, 5.74) is 2.37. The lowest BCUT2D eigenvalue weighted by Crippen LogP contribution is -2.39.